The van der Waals surface area contributed by atoms with Gasteiger partial charge in [0.2, 0.25) is 0 Å². The average molecular weight is 445 g/mol. The van der Waals surface area contributed by atoms with E-state index in [0.717, 1.165) is 30.8 Å². The lowest BCUT2D eigenvalue weighted by atomic mass is 9.91. The van der Waals surface area contributed by atoms with Crippen LogP contribution in [0.4, 0.5) is 0 Å². The summed E-state index contributed by atoms with van der Waals surface area (Å²) in [4.78, 5) is 15.3. The van der Waals surface area contributed by atoms with Crippen LogP contribution in [0.3, 0.4) is 0 Å². The number of benzene rings is 3. The topological polar surface area (TPSA) is 50.8 Å². The predicted octanol–water partition coefficient (Wildman–Crippen LogP) is 4.85. The van der Waals surface area contributed by atoms with E-state index < -0.39 is 0 Å². The lowest BCUT2D eigenvalue weighted by Crippen LogP contribution is -2.41. The molecular formula is C28H32N2O3. The number of ether oxygens (including phenoxy) is 2. The summed E-state index contributed by atoms with van der Waals surface area (Å²) in [5, 5.41) is 3.17. The van der Waals surface area contributed by atoms with Gasteiger partial charge < -0.3 is 14.8 Å². The molecule has 0 aromatic heterocycles. The zero-order chi connectivity index (χ0) is 23.4. The van der Waals surface area contributed by atoms with Gasteiger partial charge in [0.1, 0.15) is 0 Å². The van der Waals surface area contributed by atoms with Crippen LogP contribution in [0.2, 0.25) is 0 Å². The standard InChI is InChI=1S/C28H32N2O3/c1-19-8-10-22(11-9-19)28(31)29-17-25-24-16-27(33-4)26(32-3)15-23(24)12-13-30(25)18-21-7-5-6-20(2)14-21/h5-11,14-16,25H,12-13,17-18H2,1-4H3,(H,29,31). The van der Waals surface area contributed by atoms with Crippen molar-refractivity contribution in [3.8, 4) is 11.5 Å². The van der Waals surface area contributed by atoms with Gasteiger partial charge in [-0.15, -0.1) is 0 Å². The normalized spacial score (nSPS) is 15.6. The summed E-state index contributed by atoms with van der Waals surface area (Å²) in [5.41, 5.74) is 6.75. The highest BCUT2D eigenvalue weighted by molar-refractivity contribution is 5.94. The Labute approximate surface area is 196 Å². The average Bonchev–Trinajstić information content (AvgIpc) is 2.82. The van der Waals surface area contributed by atoms with Crippen LogP contribution in [0.1, 0.15) is 44.2 Å². The molecule has 3 aromatic carbocycles. The number of carbonyl (C=O) groups excluding carboxylic acids is 1. The smallest absolute Gasteiger partial charge is 0.251 e. The van der Waals surface area contributed by atoms with E-state index in [4.69, 9.17) is 9.47 Å². The van der Waals surface area contributed by atoms with Gasteiger partial charge in [-0.25, -0.2) is 0 Å². The quantitative estimate of drug-likeness (QED) is 0.566. The number of hydrogen-bond donors (Lipinski definition) is 1. The maximum absolute atomic E-state index is 12.9. The molecule has 1 unspecified atom stereocenters. The molecule has 0 radical (unpaired) electrons. The minimum absolute atomic E-state index is 0.0310. The molecule has 0 fully saturated rings. The summed E-state index contributed by atoms with van der Waals surface area (Å²) in [6.45, 7) is 6.37. The zero-order valence-electron chi connectivity index (χ0n) is 19.9. The first-order valence-electron chi connectivity index (χ1n) is 11.4. The van der Waals surface area contributed by atoms with Gasteiger partial charge >= 0.3 is 0 Å². The zero-order valence-corrected chi connectivity index (χ0v) is 19.9. The Bertz CT molecular complexity index is 1120. The summed E-state index contributed by atoms with van der Waals surface area (Å²) in [6.07, 6.45) is 0.921. The number of fused-ring (bicyclic) bond motifs is 1. The number of carbonyl (C=O) groups is 1. The molecule has 0 saturated carbocycles. The maximum Gasteiger partial charge on any atom is 0.251 e. The third-order valence-electron chi connectivity index (χ3n) is 6.35. The number of hydrogen-bond acceptors (Lipinski definition) is 4. The number of amides is 1. The van der Waals surface area contributed by atoms with Crippen molar-refractivity contribution in [2.24, 2.45) is 0 Å². The van der Waals surface area contributed by atoms with Crippen LogP contribution in [0.15, 0.2) is 60.7 Å². The summed E-state index contributed by atoms with van der Waals surface area (Å²) >= 11 is 0. The molecule has 1 amide bonds. The predicted molar refractivity (Wildman–Crippen MR) is 131 cm³/mol. The molecule has 1 aliphatic rings. The minimum Gasteiger partial charge on any atom is -0.493 e. The molecule has 172 valence electrons. The SMILES string of the molecule is COc1cc2c(cc1OC)C(CNC(=O)c1ccc(C)cc1)N(Cc1cccc(C)c1)CC2. The Morgan fingerprint density at radius 2 is 1.70 bits per heavy atom. The number of nitrogens with zero attached hydrogens (tertiary/aromatic N) is 1. The first-order chi connectivity index (χ1) is 16.0. The first-order valence-corrected chi connectivity index (χ1v) is 11.4. The van der Waals surface area contributed by atoms with E-state index in [1.165, 1.54) is 22.3 Å². The lowest BCUT2D eigenvalue weighted by Gasteiger charge is -2.38. The van der Waals surface area contributed by atoms with E-state index >= 15 is 0 Å². The first kappa shape index (κ1) is 22.9. The van der Waals surface area contributed by atoms with Crippen LogP contribution >= 0.6 is 0 Å². The van der Waals surface area contributed by atoms with Crippen molar-refractivity contribution in [2.45, 2.75) is 32.9 Å². The number of rotatable bonds is 7. The van der Waals surface area contributed by atoms with Gasteiger partial charge in [-0.2, -0.15) is 0 Å². The van der Waals surface area contributed by atoms with Crippen molar-refractivity contribution in [1.82, 2.24) is 10.2 Å². The Balaban J connectivity index is 1.62. The van der Waals surface area contributed by atoms with E-state index in [0.29, 0.717) is 17.9 Å². The second-order valence-corrected chi connectivity index (χ2v) is 8.71. The van der Waals surface area contributed by atoms with Crippen LogP contribution in [0.5, 0.6) is 11.5 Å². The molecule has 33 heavy (non-hydrogen) atoms. The Kier molecular flexibility index (Phi) is 6.99. The van der Waals surface area contributed by atoms with Crippen LogP contribution in [0.25, 0.3) is 0 Å². The molecule has 3 aromatic rings. The summed E-state index contributed by atoms with van der Waals surface area (Å²) in [7, 11) is 3.32. The molecule has 1 aliphatic heterocycles. The lowest BCUT2D eigenvalue weighted by molar-refractivity contribution is 0.0926. The van der Waals surface area contributed by atoms with Crippen LogP contribution in [0, 0.1) is 13.8 Å². The second-order valence-electron chi connectivity index (χ2n) is 8.71. The molecule has 0 bridgehead atoms. The number of nitrogens with one attached hydrogen (secondary N) is 1. The van der Waals surface area contributed by atoms with E-state index in [1.54, 1.807) is 14.2 Å². The monoisotopic (exact) mass is 444 g/mol. The molecule has 0 spiro atoms. The van der Waals surface area contributed by atoms with E-state index in [-0.39, 0.29) is 11.9 Å². The summed E-state index contributed by atoms with van der Waals surface area (Å²) < 4.78 is 11.1. The minimum atomic E-state index is -0.0573. The van der Waals surface area contributed by atoms with E-state index in [1.807, 2.05) is 31.2 Å². The van der Waals surface area contributed by atoms with E-state index in [2.05, 4.69) is 53.5 Å². The Morgan fingerprint density at radius 1 is 0.970 bits per heavy atom. The fraction of sp³-hybridized carbons (Fsp3) is 0.321. The Morgan fingerprint density at radius 3 is 2.39 bits per heavy atom. The second kappa shape index (κ2) is 10.1. The molecule has 0 saturated heterocycles. The van der Waals surface area contributed by atoms with Crippen molar-refractivity contribution < 1.29 is 14.3 Å². The fourth-order valence-electron chi connectivity index (χ4n) is 4.55. The molecule has 1 heterocycles. The van der Waals surface area contributed by atoms with Gasteiger partial charge in [0.05, 0.1) is 20.3 Å². The molecule has 5 nitrogen and oxygen atoms in total. The third-order valence-corrected chi connectivity index (χ3v) is 6.35. The van der Waals surface area contributed by atoms with Crippen molar-refractivity contribution in [3.05, 3.63) is 94.0 Å². The highest BCUT2D eigenvalue weighted by atomic mass is 16.5. The van der Waals surface area contributed by atoms with Crippen molar-refractivity contribution in [1.29, 1.82) is 0 Å². The van der Waals surface area contributed by atoms with Gasteiger partial charge in [-0.3, -0.25) is 9.69 Å². The van der Waals surface area contributed by atoms with Gasteiger partial charge in [-0.1, -0.05) is 47.5 Å². The molecule has 5 heteroatoms. The maximum atomic E-state index is 12.9. The van der Waals surface area contributed by atoms with Gasteiger partial charge in [-0.05, 0) is 61.2 Å². The fourth-order valence-corrected chi connectivity index (χ4v) is 4.55. The third kappa shape index (κ3) is 5.20. The molecule has 1 N–H and O–H groups in total. The summed E-state index contributed by atoms with van der Waals surface area (Å²) in [6, 6.07) is 20.5. The highest BCUT2D eigenvalue weighted by Gasteiger charge is 2.29. The van der Waals surface area contributed by atoms with Crippen molar-refractivity contribution in [2.75, 3.05) is 27.3 Å². The summed E-state index contributed by atoms with van der Waals surface area (Å²) in [5.74, 6) is 1.40. The van der Waals surface area contributed by atoms with Crippen molar-refractivity contribution >= 4 is 5.91 Å². The Hall–Kier alpha value is -3.31. The highest BCUT2D eigenvalue weighted by Crippen LogP contribution is 2.38. The van der Waals surface area contributed by atoms with Crippen molar-refractivity contribution in [3.63, 3.8) is 0 Å². The van der Waals surface area contributed by atoms with Crippen LogP contribution in [-0.4, -0.2) is 38.1 Å². The van der Waals surface area contributed by atoms with Gasteiger partial charge in [0, 0.05) is 25.2 Å². The molecule has 4 rings (SSSR count). The van der Waals surface area contributed by atoms with Crippen LogP contribution < -0.4 is 14.8 Å². The molecule has 1 atom stereocenters. The molecule has 0 aliphatic carbocycles. The van der Waals surface area contributed by atoms with Gasteiger partial charge in [0.25, 0.3) is 5.91 Å². The number of methoxy groups -OCH3 is 2. The van der Waals surface area contributed by atoms with E-state index in [9.17, 15) is 4.79 Å². The van der Waals surface area contributed by atoms with Gasteiger partial charge in [0.15, 0.2) is 11.5 Å². The molecular weight excluding hydrogens is 412 g/mol. The number of aryl methyl sites for hydroxylation is 2. The largest absolute Gasteiger partial charge is 0.493 e. The van der Waals surface area contributed by atoms with Crippen LogP contribution in [-0.2, 0) is 13.0 Å².